The zero-order valence-corrected chi connectivity index (χ0v) is 10.9. The van der Waals surface area contributed by atoms with E-state index in [9.17, 15) is 4.79 Å². The molecule has 0 aliphatic rings. The van der Waals surface area contributed by atoms with E-state index in [-0.39, 0.29) is 5.97 Å². The number of carbonyl (C=O) groups excluding carboxylic acids is 1. The van der Waals surface area contributed by atoms with Crippen LogP contribution < -0.4 is 0 Å². The second-order valence-electron chi connectivity index (χ2n) is 3.33. The van der Waals surface area contributed by atoms with Crippen LogP contribution in [0.25, 0.3) is 0 Å². The number of rotatable bonds is 4. The van der Waals surface area contributed by atoms with Crippen LogP contribution in [0.5, 0.6) is 0 Å². The highest BCUT2D eigenvalue weighted by atomic mass is 32.2. The van der Waals surface area contributed by atoms with Crippen LogP contribution in [0.15, 0.2) is 11.2 Å². The Balaban J connectivity index is 2.89. The summed E-state index contributed by atoms with van der Waals surface area (Å²) >= 11 is 1.55. The first kappa shape index (κ1) is 12.5. The van der Waals surface area contributed by atoms with E-state index in [4.69, 9.17) is 0 Å². The number of esters is 1. The van der Waals surface area contributed by atoms with Gasteiger partial charge < -0.3 is 4.74 Å². The maximum Gasteiger partial charge on any atom is 0.335 e. The summed E-state index contributed by atoms with van der Waals surface area (Å²) in [6, 6.07) is 0. The summed E-state index contributed by atoms with van der Waals surface area (Å²) in [6.45, 7) is 3.43. The molecule has 0 aliphatic carbocycles. The van der Waals surface area contributed by atoms with Crippen molar-refractivity contribution in [1.82, 2.24) is 15.0 Å². The monoisotopic (exact) mass is 247 g/mol. The normalized spacial score (nSPS) is 11.5. The van der Waals surface area contributed by atoms with Gasteiger partial charge in [-0.3, -0.25) is 0 Å². The van der Waals surface area contributed by atoms with Crippen LogP contribution in [0.4, 0.5) is 0 Å². The van der Waals surface area contributed by atoms with Crippen LogP contribution >= 0.6 is 21.0 Å². The Labute approximate surface area is 95.1 Å². The van der Waals surface area contributed by atoms with Crippen LogP contribution in [0.3, 0.4) is 0 Å². The lowest BCUT2D eigenvalue weighted by atomic mass is 10.1. The van der Waals surface area contributed by atoms with E-state index in [1.54, 1.807) is 31.8 Å². The molecular formula is C8H14N3O2PS. The zero-order chi connectivity index (χ0) is 11.5. The number of nitrogens with zero attached hydrogens (tertiary/aromatic N) is 3. The average molecular weight is 247 g/mol. The Morgan fingerprint density at radius 3 is 2.93 bits per heavy atom. The molecule has 0 radical (unpaired) electrons. The Morgan fingerprint density at radius 2 is 2.40 bits per heavy atom. The molecule has 0 N–H and O–H groups in total. The van der Waals surface area contributed by atoms with Crippen molar-refractivity contribution in [3.8, 4) is 0 Å². The van der Waals surface area contributed by atoms with E-state index in [0.29, 0.717) is 0 Å². The molecule has 1 aromatic rings. The van der Waals surface area contributed by atoms with Crippen LogP contribution in [-0.4, -0.2) is 33.6 Å². The molecule has 0 amide bonds. The molecule has 15 heavy (non-hydrogen) atoms. The SMILES string of the molecule is COC(=O)C(C)(C)n1ncc(SCP)n1. The smallest absolute Gasteiger partial charge is 0.335 e. The zero-order valence-electron chi connectivity index (χ0n) is 8.93. The van der Waals surface area contributed by atoms with Crippen LogP contribution in [0, 0.1) is 0 Å². The molecule has 0 fully saturated rings. The first-order chi connectivity index (χ1) is 7.02. The summed E-state index contributed by atoms with van der Waals surface area (Å²) in [5.41, 5.74) is -0.0220. The third-order valence-electron chi connectivity index (χ3n) is 1.89. The predicted octanol–water partition coefficient (Wildman–Crippen LogP) is 1.11. The highest BCUT2D eigenvalue weighted by Crippen LogP contribution is 2.20. The standard InChI is InChI=1S/C8H14N3O2PS/c1-8(2,7(12)13-3)11-9-4-6(10-11)15-5-14/h4H,5,14H2,1-3H3. The minimum atomic E-state index is -0.867. The molecule has 1 unspecified atom stereocenters. The van der Waals surface area contributed by atoms with E-state index >= 15 is 0 Å². The lowest BCUT2D eigenvalue weighted by Crippen LogP contribution is -2.38. The second-order valence-corrected chi connectivity index (χ2v) is 5.37. The van der Waals surface area contributed by atoms with Crippen molar-refractivity contribution in [2.24, 2.45) is 0 Å². The highest BCUT2D eigenvalue weighted by Gasteiger charge is 2.33. The van der Waals surface area contributed by atoms with Gasteiger partial charge in [0.2, 0.25) is 0 Å². The van der Waals surface area contributed by atoms with Gasteiger partial charge in [-0.1, -0.05) is 11.8 Å². The predicted molar refractivity (Wildman–Crippen MR) is 61.8 cm³/mol. The average Bonchev–Trinajstić information content (AvgIpc) is 2.66. The van der Waals surface area contributed by atoms with Crippen LogP contribution in [0.1, 0.15) is 13.8 Å². The third kappa shape index (κ3) is 2.69. The minimum absolute atomic E-state index is 0.361. The molecule has 0 saturated carbocycles. The lowest BCUT2D eigenvalue weighted by molar-refractivity contribution is -0.150. The summed E-state index contributed by atoms with van der Waals surface area (Å²) in [7, 11) is 3.94. The van der Waals surface area contributed by atoms with Gasteiger partial charge in [0.25, 0.3) is 0 Å². The molecule has 1 heterocycles. The number of hydrogen-bond donors (Lipinski definition) is 0. The molecule has 7 heteroatoms. The summed E-state index contributed by atoms with van der Waals surface area (Å²) in [5, 5.41) is 9.04. The first-order valence-electron chi connectivity index (χ1n) is 4.36. The van der Waals surface area contributed by atoms with Crippen molar-refractivity contribution < 1.29 is 9.53 Å². The van der Waals surface area contributed by atoms with Crippen molar-refractivity contribution in [3.63, 3.8) is 0 Å². The number of methoxy groups -OCH3 is 1. The van der Waals surface area contributed by atoms with Crippen molar-refractivity contribution >= 4 is 27.0 Å². The van der Waals surface area contributed by atoms with E-state index in [0.717, 1.165) is 10.5 Å². The van der Waals surface area contributed by atoms with Gasteiger partial charge in [0.1, 0.15) is 5.03 Å². The molecule has 1 atom stereocenters. The molecule has 0 saturated heterocycles. The van der Waals surface area contributed by atoms with Gasteiger partial charge in [0, 0.05) is 5.49 Å². The van der Waals surface area contributed by atoms with Gasteiger partial charge in [0.05, 0.1) is 13.3 Å². The summed E-state index contributed by atoms with van der Waals surface area (Å²) in [4.78, 5) is 12.8. The van der Waals surface area contributed by atoms with Crippen molar-refractivity contribution in [3.05, 3.63) is 6.20 Å². The Hall–Kier alpha value is -0.610. The van der Waals surface area contributed by atoms with Gasteiger partial charge in [-0.15, -0.1) is 14.3 Å². The largest absolute Gasteiger partial charge is 0.467 e. The quantitative estimate of drug-likeness (QED) is 0.453. The van der Waals surface area contributed by atoms with E-state index in [1.807, 2.05) is 0 Å². The van der Waals surface area contributed by atoms with E-state index < -0.39 is 5.54 Å². The maximum atomic E-state index is 11.5. The van der Waals surface area contributed by atoms with Gasteiger partial charge in [0.15, 0.2) is 5.54 Å². The number of thioether (sulfide) groups is 1. The van der Waals surface area contributed by atoms with Crippen LogP contribution in [0.2, 0.25) is 0 Å². The lowest BCUT2D eigenvalue weighted by Gasteiger charge is -2.19. The highest BCUT2D eigenvalue weighted by molar-refractivity contribution is 8.02. The Kier molecular flexibility index (Phi) is 4.11. The molecular weight excluding hydrogens is 233 g/mol. The van der Waals surface area contributed by atoms with Crippen molar-refractivity contribution in [2.75, 3.05) is 12.6 Å². The maximum absolute atomic E-state index is 11.5. The molecule has 1 rings (SSSR count). The Morgan fingerprint density at radius 1 is 1.73 bits per heavy atom. The summed E-state index contributed by atoms with van der Waals surface area (Å²) < 4.78 is 4.69. The fourth-order valence-electron chi connectivity index (χ4n) is 1.00. The molecule has 0 spiro atoms. The molecule has 0 aliphatic heterocycles. The van der Waals surface area contributed by atoms with E-state index in [1.165, 1.54) is 11.9 Å². The molecule has 0 aromatic carbocycles. The first-order valence-corrected chi connectivity index (χ1v) is 6.16. The molecule has 1 aromatic heterocycles. The van der Waals surface area contributed by atoms with Crippen molar-refractivity contribution in [1.29, 1.82) is 0 Å². The van der Waals surface area contributed by atoms with E-state index in [2.05, 4.69) is 24.2 Å². The molecule has 0 bridgehead atoms. The van der Waals surface area contributed by atoms with Gasteiger partial charge in [-0.05, 0) is 13.8 Å². The number of carbonyl (C=O) groups is 1. The number of aromatic nitrogens is 3. The molecule has 84 valence electrons. The second kappa shape index (κ2) is 4.94. The van der Waals surface area contributed by atoms with Gasteiger partial charge in [-0.2, -0.15) is 9.90 Å². The van der Waals surface area contributed by atoms with Gasteiger partial charge >= 0.3 is 5.97 Å². The fourth-order valence-corrected chi connectivity index (χ4v) is 1.94. The van der Waals surface area contributed by atoms with Gasteiger partial charge in [-0.25, -0.2) is 4.79 Å². The summed E-state index contributed by atoms with van der Waals surface area (Å²) in [5.74, 6) is -0.361. The number of hydrogen-bond acceptors (Lipinski definition) is 5. The fraction of sp³-hybridized carbons (Fsp3) is 0.625. The third-order valence-corrected chi connectivity index (χ3v) is 3.04. The molecule has 5 nitrogen and oxygen atoms in total. The topological polar surface area (TPSA) is 57.0 Å². The van der Waals surface area contributed by atoms with Crippen LogP contribution in [-0.2, 0) is 15.1 Å². The Bertz CT molecular complexity index is 353. The van der Waals surface area contributed by atoms with Crippen molar-refractivity contribution in [2.45, 2.75) is 24.4 Å². The summed E-state index contributed by atoms with van der Waals surface area (Å²) in [6.07, 6.45) is 1.64. The minimum Gasteiger partial charge on any atom is -0.467 e. The number of ether oxygens (including phenoxy) is 1.